The van der Waals surface area contributed by atoms with Crippen LogP contribution in [0.5, 0.6) is 5.88 Å². The van der Waals surface area contributed by atoms with Crippen molar-refractivity contribution < 1.29 is 18.3 Å². The van der Waals surface area contributed by atoms with Crippen LogP contribution in [0.2, 0.25) is 0 Å². The van der Waals surface area contributed by atoms with E-state index in [-0.39, 0.29) is 22.7 Å². The number of aliphatic hydroxyl groups is 1. The molecular formula is C20H30N6O4S. The van der Waals surface area contributed by atoms with Crippen LogP contribution in [0, 0.1) is 11.3 Å². The molecule has 2 N–H and O–H groups in total. The van der Waals surface area contributed by atoms with Gasteiger partial charge in [-0.2, -0.15) is 10.2 Å². The van der Waals surface area contributed by atoms with Crippen molar-refractivity contribution in [1.82, 2.24) is 19.2 Å². The highest BCUT2D eigenvalue weighted by molar-refractivity contribution is 7.89. The Hall–Kier alpha value is -2.00. The number of piperidine rings is 1. The SMILES string of the molecule is CN1CC(S(=O)(=O)N2CCC(Nc3ncc(C#N)c(O[C@H]4CCC[C@@]4(C)O)n3)CC2)C1. The normalized spacial score (nSPS) is 28.8. The van der Waals surface area contributed by atoms with Gasteiger partial charge in [-0.1, -0.05) is 0 Å². The minimum absolute atomic E-state index is 0.0332. The van der Waals surface area contributed by atoms with E-state index in [4.69, 9.17) is 4.74 Å². The van der Waals surface area contributed by atoms with Gasteiger partial charge in [-0.05, 0) is 46.1 Å². The predicted molar refractivity (Wildman–Crippen MR) is 114 cm³/mol. The monoisotopic (exact) mass is 450 g/mol. The van der Waals surface area contributed by atoms with Crippen LogP contribution < -0.4 is 10.1 Å². The second-order valence-corrected chi connectivity index (χ2v) is 11.3. The van der Waals surface area contributed by atoms with E-state index < -0.39 is 21.7 Å². The summed E-state index contributed by atoms with van der Waals surface area (Å²) in [4.78, 5) is 10.6. The fourth-order valence-electron chi connectivity index (χ4n) is 4.52. The van der Waals surface area contributed by atoms with Crippen molar-refractivity contribution in [3.63, 3.8) is 0 Å². The van der Waals surface area contributed by atoms with E-state index in [0.717, 1.165) is 6.42 Å². The molecule has 1 aliphatic carbocycles. The average molecular weight is 451 g/mol. The van der Waals surface area contributed by atoms with Gasteiger partial charge in [0.1, 0.15) is 23.0 Å². The molecule has 3 fully saturated rings. The third-order valence-corrected chi connectivity index (χ3v) is 8.80. The van der Waals surface area contributed by atoms with Crippen LogP contribution in [0.15, 0.2) is 6.20 Å². The van der Waals surface area contributed by atoms with Crippen molar-refractivity contribution in [1.29, 1.82) is 5.26 Å². The summed E-state index contributed by atoms with van der Waals surface area (Å²) in [6.45, 7) is 3.85. The highest BCUT2D eigenvalue weighted by atomic mass is 32.2. The molecule has 2 aliphatic heterocycles. The highest BCUT2D eigenvalue weighted by Crippen LogP contribution is 2.33. The Kier molecular flexibility index (Phi) is 6.09. The van der Waals surface area contributed by atoms with Crippen LogP contribution in [0.4, 0.5) is 5.95 Å². The first kappa shape index (κ1) is 22.2. The summed E-state index contributed by atoms with van der Waals surface area (Å²) >= 11 is 0. The number of nitrogens with zero attached hydrogens (tertiary/aromatic N) is 5. The van der Waals surface area contributed by atoms with Crippen molar-refractivity contribution in [2.75, 3.05) is 38.5 Å². The van der Waals surface area contributed by atoms with E-state index in [0.29, 0.717) is 57.8 Å². The molecule has 31 heavy (non-hydrogen) atoms. The number of ether oxygens (including phenoxy) is 1. The molecule has 1 aromatic rings. The van der Waals surface area contributed by atoms with E-state index in [1.165, 1.54) is 6.20 Å². The average Bonchev–Trinajstić information content (AvgIpc) is 3.04. The van der Waals surface area contributed by atoms with E-state index in [9.17, 15) is 18.8 Å². The third-order valence-electron chi connectivity index (χ3n) is 6.57. The van der Waals surface area contributed by atoms with Gasteiger partial charge in [0.15, 0.2) is 0 Å². The third kappa shape index (κ3) is 4.62. The number of rotatable bonds is 6. The van der Waals surface area contributed by atoms with Gasteiger partial charge in [-0.25, -0.2) is 17.7 Å². The van der Waals surface area contributed by atoms with E-state index in [1.54, 1.807) is 11.2 Å². The molecule has 0 unspecified atom stereocenters. The zero-order valence-corrected chi connectivity index (χ0v) is 18.8. The molecule has 1 saturated carbocycles. The lowest BCUT2D eigenvalue weighted by molar-refractivity contribution is -0.0271. The summed E-state index contributed by atoms with van der Waals surface area (Å²) in [6.07, 6.45) is 4.51. The fourth-order valence-corrected chi connectivity index (χ4v) is 6.55. The molecule has 10 nitrogen and oxygen atoms in total. The number of hydrogen-bond donors (Lipinski definition) is 2. The Morgan fingerprint density at radius 3 is 2.61 bits per heavy atom. The van der Waals surface area contributed by atoms with Gasteiger partial charge < -0.3 is 20.1 Å². The molecule has 3 heterocycles. The number of nitrogens with one attached hydrogen (secondary N) is 1. The first-order chi connectivity index (χ1) is 14.7. The molecule has 3 aliphatic rings. The maximum absolute atomic E-state index is 12.7. The summed E-state index contributed by atoms with van der Waals surface area (Å²) in [7, 11) is -1.32. The predicted octanol–water partition coefficient (Wildman–Crippen LogP) is 0.551. The lowest BCUT2D eigenvalue weighted by atomic mass is 10.0. The van der Waals surface area contributed by atoms with Gasteiger partial charge >= 0.3 is 0 Å². The molecule has 0 radical (unpaired) electrons. The Balaban J connectivity index is 1.37. The zero-order chi connectivity index (χ0) is 22.2. The maximum Gasteiger partial charge on any atom is 0.236 e. The molecule has 170 valence electrons. The molecule has 0 aromatic carbocycles. The largest absolute Gasteiger partial charge is 0.470 e. The van der Waals surface area contributed by atoms with Crippen LogP contribution in [-0.2, 0) is 10.0 Å². The first-order valence-corrected chi connectivity index (χ1v) is 12.3. The van der Waals surface area contributed by atoms with E-state index in [1.807, 2.05) is 18.0 Å². The van der Waals surface area contributed by atoms with Crippen molar-refractivity contribution in [2.24, 2.45) is 0 Å². The molecular weight excluding hydrogens is 420 g/mol. The van der Waals surface area contributed by atoms with Crippen LogP contribution in [0.3, 0.4) is 0 Å². The van der Waals surface area contributed by atoms with Gasteiger partial charge in [0.05, 0.1) is 11.8 Å². The van der Waals surface area contributed by atoms with Gasteiger partial charge in [-0.3, -0.25) is 0 Å². The topological polar surface area (TPSA) is 132 Å². The molecule has 0 amide bonds. The summed E-state index contributed by atoms with van der Waals surface area (Å²) in [5, 5.41) is 22.8. The zero-order valence-electron chi connectivity index (χ0n) is 18.0. The van der Waals surface area contributed by atoms with Crippen LogP contribution in [0.25, 0.3) is 0 Å². The van der Waals surface area contributed by atoms with E-state index >= 15 is 0 Å². The van der Waals surface area contributed by atoms with Gasteiger partial charge in [0.2, 0.25) is 21.9 Å². The lowest BCUT2D eigenvalue weighted by Crippen LogP contribution is -2.58. The smallest absolute Gasteiger partial charge is 0.236 e. The molecule has 4 rings (SSSR count). The minimum Gasteiger partial charge on any atom is -0.470 e. The lowest BCUT2D eigenvalue weighted by Gasteiger charge is -2.40. The number of aromatic nitrogens is 2. The Labute approximate surface area is 183 Å². The number of nitriles is 1. The van der Waals surface area contributed by atoms with Gasteiger partial charge in [0.25, 0.3) is 0 Å². The molecule has 2 atom stereocenters. The number of likely N-dealkylation sites (tertiary alicyclic amines) is 1. The summed E-state index contributed by atoms with van der Waals surface area (Å²) in [6, 6.07) is 2.07. The van der Waals surface area contributed by atoms with Crippen molar-refractivity contribution in [3.8, 4) is 11.9 Å². The standard InChI is InChI=1S/C20H30N6O4S/c1-20(27)7-3-4-17(20)30-18-14(10-21)11-22-19(24-18)23-15-5-8-26(9-6-15)31(28,29)16-12-25(2)13-16/h11,15-17,27H,3-9,12-13H2,1-2H3,(H,22,23,24)/t17-,20+/m0/s1. The van der Waals surface area contributed by atoms with Crippen molar-refractivity contribution in [3.05, 3.63) is 11.8 Å². The summed E-state index contributed by atoms with van der Waals surface area (Å²) < 4.78 is 32.9. The maximum atomic E-state index is 12.7. The summed E-state index contributed by atoms with van der Waals surface area (Å²) in [5.74, 6) is 0.509. The van der Waals surface area contributed by atoms with Crippen LogP contribution in [0.1, 0.15) is 44.6 Å². The van der Waals surface area contributed by atoms with Crippen molar-refractivity contribution >= 4 is 16.0 Å². The Bertz CT molecular complexity index is 949. The molecule has 0 spiro atoms. The molecule has 1 aromatic heterocycles. The molecule has 2 saturated heterocycles. The van der Waals surface area contributed by atoms with Crippen LogP contribution >= 0.6 is 0 Å². The number of anilines is 1. The van der Waals surface area contributed by atoms with Crippen molar-refractivity contribution in [2.45, 2.75) is 62.0 Å². The minimum atomic E-state index is -3.24. The first-order valence-electron chi connectivity index (χ1n) is 10.8. The van der Waals surface area contributed by atoms with Gasteiger partial charge in [-0.15, -0.1) is 0 Å². The second kappa shape index (κ2) is 8.50. The second-order valence-electron chi connectivity index (χ2n) is 9.09. The molecule has 11 heteroatoms. The quantitative estimate of drug-likeness (QED) is 0.638. The Morgan fingerprint density at radius 2 is 2.03 bits per heavy atom. The van der Waals surface area contributed by atoms with Crippen LogP contribution in [-0.4, -0.2) is 88.9 Å². The fraction of sp³-hybridized carbons (Fsp3) is 0.750. The number of sulfonamides is 1. The Morgan fingerprint density at radius 1 is 1.32 bits per heavy atom. The molecule has 0 bridgehead atoms. The number of hydrogen-bond acceptors (Lipinski definition) is 9. The van der Waals surface area contributed by atoms with E-state index in [2.05, 4.69) is 15.3 Å². The summed E-state index contributed by atoms with van der Waals surface area (Å²) in [5.41, 5.74) is -0.724. The highest BCUT2D eigenvalue weighted by Gasteiger charge is 2.41. The van der Waals surface area contributed by atoms with Gasteiger partial charge in [0, 0.05) is 32.2 Å².